The van der Waals surface area contributed by atoms with Crippen LogP contribution in [0.15, 0.2) is 30.3 Å². The van der Waals surface area contributed by atoms with Crippen molar-refractivity contribution in [3.05, 3.63) is 35.9 Å². The first-order valence-corrected chi connectivity index (χ1v) is 6.62. The Morgan fingerprint density at radius 2 is 1.75 bits per heavy atom. The summed E-state index contributed by atoms with van der Waals surface area (Å²) in [6, 6.07) is 11.5. The van der Waals surface area contributed by atoms with Crippen LogP contribution in [0.25, 0.3) is 0 Å². The van der Waals surface area contributed by atoms with Crippen LogP contribution in [-0.4, -0.2) is 12.6 Å². The standard InChI is InChI=1S/C15H23N/c1-13-7-9-15(10-8-13)16-12-11-14-5-3-2-4-6-14/h2-6,13,15-16H,7-12H2,1H3. The molecule has 1 saturated carbocycles. The van der Waals surface area contributed by atoms with Crippen molar-refractivity contribution >= 4 is 0 Å². The second-order valence-corrected chi connectivity index (χ2v) is 5.15. The van der Waals surface area contributed by atoms with Gasteiger partial charge >= 0.3 is 0 Å². The Hall–Kier alpha value is -0.820. The van der Waals surface area contributed by atoms with Crippen molar-refractivity contribution < 1.29 is 0 Å². The van der Waals surface area contributed by atoms with Gasteiger partial charge in [0.25, 0.3) is 0 Å². The Balaban J connectivity index is 1.65. The third-order valence-electron chi connectivity index (χ3n) is 3.71. The van der Waals surface area contributed by atoms with Gasteiger partial charge < -0.3 is 5.32 Å². The van der Waals surface area contributed by atoms with Crippen LogP contribution in [0.2, 0.25) is 0 Å². The maximum Gasteiger partial charge on any atom is 0.00673 e. The summed E-state index contributed by atoms with van der Waals surface area (Å²) in [4.78, 5) is 0. The molecule has 0 atom stereocenters. The van der Waals surface area contributed by atoms with Crippen LogP contribution < -0.4 is 5.32 Å². The van der Waals surface area contributed by atoms with Gasteiger partial charge in [0.1, 0.15) is 0 Å². The molecular weight excluding hydrogens is 194 g/mol. The molecule has 0 bridgehead atoms. The Morgan fingerprint density at radius 3 is 2.44 bits per heavy atom. The fourth-order valence-corrected chi connectivity index (χ4v) is 2.53. The van der Waals surface area contributed by atoms with E-state index in [1.807, 2.05) is 0 Å². The second-order valence-electron chi connectivity index (χ2n) is 5.15. The molecule has 0 heterocycles. The largest absolute Gasteiger partial charge is 0.314 e. The minimum atomic E-state index is 0.778. The first-order valence-electron chi connectivity index (χ1n) is 6.62. The first-order chi connectivity index (χ1) is 7.84. The molecule has 0 unspecified atom stereocenters. The van der Waals surface area contributed by atoms with E-state index in [2.05, 4.69) is 42.6 Å². The maximum absolute atomic E-state index is 3.69. The van der Waals surface area contributed by atoms with Crippen LogP contribution in [-0.2, 0) is 6.42 Å². The summed E-state index contributed by atoms with van der Waals surface area (Å²) >= 11 is 0. The lowest BCUT2D eigenvalue weighted by Gasteiger charge is -2.27. The molecule has 1 aliphatic rings. The topological polar surface area (TPSA) is 12.0 Å². The molecule has 1 heteroatoms. The quantitative estimate of drug-likeness (QED) is 0.815. The number of nitrogens with one attached hydrogen (secondary N) is 1. The SMILES string of the molecule is CC1CCC(NCCc2ccccc2)CC1. The average molecular weight is 217 g/mol. The van der Waals surface area contributed by atoms with Gasteiger partial charge in [-0.25, -0.2) is 0 Å². The second kappa shape index (κ2) is 6.05. The third kappa shape index (κ3) is 3.64. The van der Waals surface area contributed by atoms with E-state index < -0.39 is 0 Å². The lowest BCUT2D eigenvalue weighted by molar-refractivity contribution is 0.309. The van der Waals surface area contributed by atoms with E-state index >= 15 is 0 Å². The van der Waals surface area contributed by atoms with Crippen molar-refractivity contribution in [2.24, 2.45) is 5.92 Å². The predicted molar refractivity (Wildman–Crippen MR) is 69.6 cm³/mol. The number of benzene rings is 1. The maximum atomic E-state index is 3.69. The van der Waals surface area contributed by atoms with Gasteiger partial charge in [-0.15, -0.1) is 0 Å². The minimum absolute atomic E-state index is 0.778. The number of hydrogen-bond donors (Lipinski definition) is 1. The van der Waals surface area contributed by atoms with Gasteiger partial charge in [-0.1, -0.05) is 37.3 Å². The zero-order valence-corrected chi connectivity index (χ0v) is 10.3. The third-order valence-corrected chi connectivity index (χ3v) is 3.71. The summed E-state index contributed by atoms with van der Waals surface area (Å²) in [5.74, 6) is 0.951. The number of rotatable bonds is 4. The monoisotopic (exact) mass is 217 g/mol. The molecule has 0 amide bonds. The molecular formula is C15H23N. The smallest absolute Gasteiger partial charge is 0.00673 e. The summed E-state index contributed by atoms with van der Waals surface area (Å²) < 4.78 is 0. The molecule has 1 fully saturated rings. The molecule has 1 aromatic carbocycles. The minimum Gasteiger partial charge on any atom is -0.314 e. The molecule has 0 aliphatic heterocycles. The lowest BCUT2D eigenvalue weighted by atomic mass is 9.87. The average Bonchev–Trinajstić information content (AvgIpc) is 2.33. The first kappa shape index (κ1) is 11.7. The molecule has 1 N–H and O–H groups in total. The van der Waals surface area contributed by atoms with Crippen molar-refractivity contribution in [3.8, 4) is 0 Å². The zero-order chi connectivity index (χ0) is 11.2. The highest BCUT2D eigenvalue weighted by Gasteiger charge is 2.16. The normalized spacial score (nSPS) is 25.6. The highest BCUT2D eigenvalue weighted by Crippen LogP contribution is 2.23. The van der Waals surface area contributed by atoms with Gasteiger partial charge in [-0.05, 0) is 50.1 Å². The molecule has 0 radical (unpaired) electrons. The van der Waals surface area contributed by atoms with E-state index in [0.717, 1.165) is 24.9 Å². The summed E-state index contributed by atoms with van der Waals surface area (Å²) in [7, 11) is 0. The number of hydrogen-bond acceptors (Lipinski definition) is 1. The van der Waals surface area contributed by atoms with E-state index in [-0.39, 0.29) is 0 Å². The van der Waals surface area contributed by atoms with Crippen molar-refractivity contribution in [3.63, 3.8) is 0 Å². The molecule has 0 saturated heterocycles. The van der Waals surface area contributed by atoms with Crippen molar-refractivity contribution in [2.45, 2.75) is 45.1 Å². The summed E-state index contributed by atoms with van der Waals surface area (Å²) in [5.41, 5.74) is 1.44. The Bertz CT molecular complexity index is 286. The highest BCUT2D eigenvalue weighted by molar-refractivity contribution is 5.14. The van der Waals surface area contributed by atoms with E-state index in [0.29, 0.717) is 0 Å². The van der Waals surface area contributed by atoms with Gasteiger partial charge in [0.2, 0.25) is 0 Å². The van der Waals surface area contributed by atoms with Crippen molar-refractivity contribution in [1.82, 2.24) is 5.32 Å². The van der Waals surface area contributed by atoms with Crippen molar-refractivity contribution in [1.29, 1.82) is 0 Å². The predicted octanol–water partition coefficient (Wildman–Crippen LogP) is 3.40. The van der Waals surface area contributed by atoms with E-state index in [9.17, 15) is 0 Å². The van der Waals surface area contributed by atoms with Crippen LogP contribution in [0.4, 0.5) is 0 Å². The van der Waals surface area contributed by atoms with Crippen molar-refractivity contribution in [2.75, 3.05) is 6.54 Å². The molecule has 0 spiro atoms. The summed E-state index contributed by atoms with van der Waals surface area (Å²) in [6.45, 7) is 3.50. The molecule has 2 rings (SSSR count). The Morgan fingerprint density at radius 1 is 1.06 bits per heavy atom. The molecule has 1 nitrogen and oxygen atoms in total. The van der Waals surface area contributed by atoms with E-state index in [1.165, 1.54) is 31.2 Å². The van der Waals surface area contributed by atoms with Gasteiger partial charge in [0.15, 0.2) is 0 Å². The molecule has 0 aromatic heterocycles. The van der Waals surface area contributed by atoms with Crippen LogP contribution in [0, 0.1) is 5.92 Å². The fourth-order valence-electron chi connectivity index (χ4n) is 2.53. The van der Waals surface area contributed by atoms with Crippen LogP contribution in [0.3, 0.4) is 0 Å². The fraction of sp³-hybridized carbons (Fsp3) is 0.600. The Kier molecular flexibility index (Phi) is 4.41. The summed E-state index contributed by atoms with van der Waals surface area (Å²) in [6.07, 6.45) is 6.71. The molecule has 16 heavy (non-hydrogen) atoms. The van der Waals surface area contributed by atoms with E-state index in [4.69, 9.17) is 0 Å². The van der Waals surface area contributed by atoms with Gasteiger partial charge in [0.05, 0.1) is 0 Å². The summed E-state index contributed by atoms with van der Waals surface area (Å²) in [5, 5.41) is 3.69. The van der Waals surface area contributed by atoms with Crippen LogP contribution >= 0.6 is 0 Å². The molecule has 88 valence electrons. The van der Waals surface area contributed by atoms with E-state index in [1.54, 1.807) is 0 Å². The molecule has 1 aromatic rings. The van der Waals surface area contributed by atoms with Crippen LogP contribution in [0.5, 0.6) is 0 Å². The van der Waals surface area contributed by atoms with Crippen LogP contribution in [0.1, 0.15) is 38.2 Å². The molecule has 1 aliphatic carbocycles. The zero-order valence-electron chi connectivity index (χ0n) is 10.3. The Labute approximate surface area is 99.3 Å². The highest BCUT2D eigenvalue weighted by atomic mass is 14.9. The van der Waals surface area contributed by atoms with Gasteiger partial charge in [-0.3, -0.25) is 0 Å². The van der Waals surface area contributed by atoms with Gasteiger partial charge in [-0.2, -0.15) is 0 Å². The van der Waals surface area contributed by atoms with Gasteiger partial charge in [0, 0.05) is 6.04 Å². The lowest BCUT2D eigenvalue weighted by Crippen LogP contribution is -2.34.